The van der Waals surface area contributed by atoms with E-state index in [-0.39, 0.29) is 11.2 Å². The van der Waals surface area contributed by atoms with Crippen LogP contribution in [-0.4, -0.2) is 0 Å². The number of hydrogen-bond acceptors (Lipinski definition) is 2. The van der Waals surface area contributed by atoms with Gasteiger partial charge in [0.15, 0.2) is 5.82 Å². The minimum absolute atomic E-state index is 0.232. The average Bonchev–Trinajstić information content (AvgIpc) is 3.43. The molecular weight excluding hydrogens is 567 g/mol. The fourth-order valence-corrected chi connectivity index (χ4v) is 6.46. The van der Waals surface area contributed by atoms with Crippen LogP contribution in [0.5, 0.6) is 0 Å². The predicted molar refractivity (Wildman–Crippen MR) is 185 cm³/mol. The lowest BCUT2D eigenvalue weighted by atomic mass is 9.86. The Kier molecular flexibility index (Phi) is 7.06. The first kappa shape index (κ1) is 29.2. The van der Waals surface area contributed by atoms with E-state index in [0.29, 0.717) is 16.7 Å². The summed E-state index contributed by atoms with van der Waals surface area (Å²) in [5.41, 5.74) is 11.3. The first-order valence-corrected chi connectivity index (χ1v) is 15.5. The molecular formula is C42H34FN2O+. The van der Waals surface area contributed by atoms with Gasteiger partial charge >= 0.3 is 0 Å². The van der Waals surface area contributed by atoms with Gasteiger partial charge in [-0.3, -0.25) is 0 Å². The summed E-state index contributed by atoms with van der Waals surface area (Å²) in [7, 11) is 1.86. The van der Waals surface area contributed by atoms with Crippen LogP contribution in [0, 0.1) is 24.1 Å². The second-order valence-corrected chi connectivity index (χ2v) is 13.0. The van der Waals surface area contributed by atoms with Crippen LogP contribution in [0.3, 0.4) is 0 Å². The molecule has 46 heavy (non-hydrogen) atoms. The lowest BCUT2D eigenvalue weighted by Gasteiger charge is -2.19. The first-order valence-electron chi connectivity index (χ1n) is 15.5. The smallest absolute Gasteiger partial charge is 0.216 e. The van der Waals surface area contributed by atoms with Gasteiger partial charge in [-0.05, 0) is 57.9 Å². The standard InChI is InChI=1S/C42H34FN2O/c1-26-11-21-33-34-22-20-32(24-44)39(41(34)46-40(33)38(26)37-23-35(42(2,3)4)36(43)25-45(37)5)31-18-16-30(17-19-31)29-14-12-28(13-15-29)27-9-7-6-8-10-27/h6-23,25H,1-5H3/q+1. The van der Waals surface area contributed by atoms with Crippen LogP contribution in [0.15, 0.2) is 120 Å². The van der Waals surface area contributed by atoms with Crippen LogP contribution in [0.25, 0.3) is 66.6 Å². The molecule has 0 spiro atoms. The van der Waals surface area contributed by atoms with E-state index in [2.05, 4.69) is 85.8 Å². The summed E-state index contributed by atoms with van der Waals surface area (Å²) >= 11 is 0. The van der Waals surface area contributed by atoms with Crippen molar-refractivity contribution in [3.8, 4) is 50.7 Å². The molecule has 2 aromatic heterocycles. The minimum atomic E-state index is -0.367. The third-order valence-corrected chi connectivity index (χ3v) is 8.93. The maximum absolute atomic E-state index is 15.1. The molecule has 0 aliphatic carbocycles. The lowest BCUT2D eigenvalue weighted by Crippen LogP contribution is -2.33. The third-order valence-electron chi connectivity index (χ3n) is 8.93. The van der Waals surface area contributed by atoms with Crippen molar-refractivity contribution >= 4 is 21.9 Å². The van der Waals surface area contributed by atoms with Crippen LogP contribution in [0.2, 0.25) is 0 Å². The second-order valence-electron chi connectivity index (χ2n) is 13.0. The topological polar surface area (TPSA) is 40.8 Å². The molecule has 0 N–H and O–H groups in total. The van der Waals surface area contributed by atoms with Gasteiger partial charge in [-0.15, -0.1) is 0 Å². The number of halogens is 1. The Balaban J connectivity index is 1.36. The first-order chi connectivity index (χ1) is 22.1. The summed E-state index contributed by atoms with van der Waals surface area (Å²) in [6, 6.07) is 39.6. The van der Waals surface area contributed by atoms with E-state index in [1.165, 1.54) is 11.1 Å². The van der Waals surface area contributed by atoms with E-state index in [0.717, 1.165) is 55.4 Å². The molecule has 0 aliphatic rings. The fraction of sp³-hybridized carbons (Fsp3) is 0.143. The second kappa shape index (κ2) is 11.1. The molecule has 0 saturated heterocycles. The van der Waals surface area contributed by atoms with Gasteiger partial charge in [-0.1, -0.05) is 112 Å². The number of aryl methyl sites for hydroxylation is 2. The van der Waals surface area contributed by atoms with Gasteiger partial charge in [0.1, 0.15) is 18.2 Å². The summed E-state index contributed by atoms with van der Waals surface area (Å²) in [6.07, 6.45) is 1.55. The molecule has 3 nitrogen and oxygen atoms in total. The van der Waals surface area contributed by atoms with Crippen molar-refractivity contribution in [2.75, 3.05) is 0 Å². The normalized spacial score (nSPS) is 11.7. The summed E-state index contributed by atoms with van der Waals surface area (Å²) < 4.78 is 23.7. The van der Waals surface area contributed by atoms with Gasteiger partial charge in [0.05, 0.1) is 17.2 Å². The van der Waals surface area contributed by atoms with Gasteiger partial charge in [0.2, 0.25) is 11.9 Å². The molecule has 0 amide bonds. The van der Waals surface area contributed by atoms with Crippen LogP contribution in [0.1, 0.15) is 37.5 Å². The Morgan fingerprint density at radius 2 is 1.20 bits per heavy atom. The molecule has 0 fully saturated rings. The number of furan rings is 1. The highest BCUT2D eigenvalue weighted by molar-refractivity contribution is 6.14. The van der Waals surface area contributed by atoms with E-state index in [1.807, 2.05) is 68.8 Å². The summed E-state index contributed by atoms with van der Waals surface area (Å²) in [6.45, 7) is 8.11. The zero-order valence-electron chi connectivity index (χ0n) is 26.7. The predicted octanol–water partition coefficient (Wildman–Crippen LogP) is 10.7. The van der Waals surface area contributed by atoms with Crippen molar-refractivity contribution in [2.24, 2.45) is 7.05 Å². The van der Waals surface area contributed by atoms with Crippen LogP contribution in [-0.2, 0) is 12.5 Å². The van der Waals surface area contributed by atoms with Crippen molar-refractivity contribution in [3.05, 3.63) is 138 Å². The Morgan fingerprint density at radius 1 is 0.674 bits per heavy atom. The zero-order chi connectivity index (χ0) is 32.2. The molecule has 0 unspecified atom stereocenters. The third kappa shape index (κ3) is 4.95. The molecule has 224 valence electrons. The molecule has 0 radical (unpaired) electrons. The number of rotatable bonds is 4. The maximum atomic E-state index is 15.1. The van der Waals surface area contributed by atoms with Gasteiger partial charge in [0, 0.05) is 28.0 Å². The number of nitriles is 1. The van der Waals surface area contributed by atoms with E-state index in [9.17, 15) is 5.26 Å². The average molecular weight is 602 g/mol. The summed E-state index contributed by atoms with van der Waals surface area (Å²) in [4.78, 5) is 0. The van der Waals surface area contributed by atoms with Crippen LogP contribution >= 0.6 is 0 Å². The number of nitrogens with zero attached hydrogens (tertiary/aromatic N) is 2. The van der Waals surface area contributed by atoms with Crippen molar-refractivity contribution in [1.29, 1.82) is 5.26 Å². The highest BCUT2D eigenvalue weighted by Crippen LogP contribution is 2.43. The maximum Gasteiger partial charge on any atom is 0.216 e. The quantitative estimate of drug-likeness (QED) is 0.188. The molecule has 7 rings (SSSR count). The molecule has 0 bridgehead atoms. The zero-order valence-corrected chi connectivity index (χ0v) is 26.7. The Hall–Kier alpha value is -5.53. The number of benzene rings is 5. The van der Waals surface area contributed by atoms with Crippen molar-refractivity contribution in [3.63, 3.8) is 0 Å². The molecule has 2 heterocycles. The number of hydrogen-bond donors (Lipinski definition) is 0. The Morgan fingerprint density at radius 3 is 1.76 bits per heavy atom. The minimum Gasteiger partial charge on any atom is -0.454 e. The number of fused-ring (bicyclic) bond motifs is 3. The van der Waals surface area contributed by atoms with Crippen LogP contribution < -0.4 is 4.57 Å². The highest BCUT2D eigenvalue weighted by atomic mass is 19.1. The van der Waals surface area contributed by atoms with Gasteiger partial charge < -0.3 is 4.42 Å². The Bertz CT molecular complexity index is 2300. The SMILES string of the molecule is Cc1ccc2c(oc3c(-c4ccc(-c5ccc(-c6ccccc6)cc5)cc4)c(C#N)ccc32)c1-c1cc(C(C)(C)C)c(F)c[n+]1C. The monoisotopic (exact) mass is 601 g/mol. The number of pyridine rings is 1. The van der Waals surface area contributed by atoms with Crippen LogP contribution in [0.4, 0.5) is 4.39 Å². The molecule has 0 saturated carbocycles. The van der Waals surface area contributed by atoms with Gasteiger partial charge in [-0.2, -0.15) is 9.83 Å². The highest BCUT2D eigenvalue weighted by Gasteiger charge is 2.28. The van der Waals surface area contributed by atoms with Gasteiger partial charge in [-0.25, -0.2) is 4.39 Å². The molecule has 0 atom stereocenters. The van der Waals surface area contributed by atoms with E-state index in [4.69, 9.17) is 4.42 Å². The summed E-state index contributed by atoms with van der Waals surface area (Å²) in [5, 5.41) is 12.1. The van der Waals surface area contributed by atoms with Gasteiger partial charge in [0.25, 0.3) is 0 Å². The van der Waals surface area contributed by atoms with E-state index in [1.54, 1.807) is 6.20 Å². The molecule has 7 aromatic rings. The largest absolute Gasteiger partial charge is 0.454 e. The van der Waals surface area contributed by atoms with E-state index >= 15 is 4.39 Å². The summed E-state index contributed by atoms with van der Waals surface area (Å²) in [5.74, 6) is -0.232. The lowest BCUT2D eigenvalue weighted by molar-refractivity contribution is -0.662. The van der Waals surface area contributed by atoms with E-state index < -0.39 is 0 Å². The van der Waals surface area contributed by atoms with Crippen molar-refractivity contribution in [1.82, 2.24) is 0 Å². The molecule has 0 aliphatic heterocycles. The fourth-order valence-electron chi connectivity index (χ4n) is 6.46. The van der Waals surface area contributed by atoms with Crippen molar-refractivity contribution < 1.29 is 13.4 Å². The Labute approximate surface area is 268 Å². The number of aromatic nitrogens is 1. The molecule has 5 aromatic carbocycles. The van der Waals surface area contributed by atoms with Crippen molar-refractivity contribution in [2.45, 2.75) is 33.1 Å². The molecule has 4 heteroatoms.